The van der Waals surface area contributed by atoms with Gasteiger partial charge in [0, 0.05) is 5.56 Å². The van der Waals surface area contributed by atoms with Crippen molar-refractivity contribution in [2.24, 2.45) is 0 Å². The first-order valence-electron chi connectivity index (χ1n) is 24.1. The van der Waals surface area contributed by atoms with Crippen LogP contribution >= 0.6 is 0 Å². The van der Waals surface area contributed by atoms with Gasteiger partial charge >= 0.3 is 5.97 Å². The van der Waals surface area contributed by atoms with Gasteiger partial charge in [0.05, 0.1) is 62.4 Å². The molecule has 73 heavy (non-hydrogen) atoms. The maximum absolute atomic E-state index is 14.8. The van der Waals surface area contributed by atoms with E-state index in [1.165, 1.54) is 20.1 Å². The van der Waals surface area contributed by atoms with Crippen molar-refractivity contribution in [3.63, 3.8) is 0 Å². The van der Waals surface area contributed by atoms with Gasteiger partial charge in [0.15, 0.2) is 25.0 Å². The van der Waals surface area contributed by atoms with Crippen LogP contribution in [0.3, 0.4) is 0 Å². The van der Waals surface area contributed by atoms with Crippen LogP contribution in [-0.4, -0.2) is 134 Å². The summed E-state index contributed by atoms with van der Waals surface area (Å²) in [4.78, 5) is 74.3. The normalized spacial score (nSPS) is 28.1. The molecule has 17 nitrogen and oxygen atoms in total. The fourth-order valence-electron chi connectivity index (χ4n) is 10.0. The van der Waals surface area contributed by atoms with Gasteiger partial charge in [-0.2, -0.15) is 0 Å². The molecule has 378 valence electrons. The maximum Gasteiger partial charge on any atom is 0.334 e. The molecule has 3 fully saturated rings. The monoisotopic (exact) mass is 994 g/mol. The van der Waals surface area contributed by atoms with Crippen LogP contribution in [0.25, 0.3) is 0 Å². The summed E-state index contributed by atoms with van der Waals surface area (Å²) in [6, 6.07) is 37.9. The van der Waals surface area contributed by atoms with E-state index in [0.717, 1.165) is 20.9 Å². The summed E-state index contributed by atoms with van der Waals surface area (Å²) in [5, 5.41) is 0. The standard InChI is InChI=1S/C56H54N2O15/c1-4-28-66-55-43(57-49(59)37-24-14-15-25-38(37)50(57)60)47(67-30-35-20-10-6-11-21-35)45(41(70-55)31-65-29-34-18-8-5-9-19-34)73-56-44(58-51(61)39-26-16-17-27-40(39)52(58)62)48(69-33(2)53(63)64-3)46-42(71-56)32-68-54(72-46)36-22-12-7-13-23-36/h4-27,33,41-48,54-56H,1,28-32H2,2-3H3/t33-,41-,42-,43-,44-,45-,46-,47-,48-,54-,55-,56+/m1/s1. The average molecular weight is 995 g/mol. The summed E-state index contributed by atoms with van der Waals surface area (Å²) in [5.74, 6) is -3.36. The zero-order valence-corrected chi connectivity index (χ0v) is 40.0. The molecule has 5 aromatic rings. The zero-order valence-electron chi connectivity index (χ0n) is 40.0. The lowest BCUT2D eigenvalue weighted by molar-refractivity contribution is -0.378. The van der Waals surface area contributed by atoms with Crippen molar-refractivity contribution in [1.82, 2.24) is 9.80 Å². The number of carbonyl (C=O) groups is 5. The van der Waals surface area contributed by atoms with E-state index >= 15 is 0 Å². The van der Waals surface area contributed by atoms with Crippen LogP contribution in [0.5, 0.6) is 0 Å². The molecule has 12 atom stereocenters. The maximum atomic E-state index is 14.8. The number of ether oxygens (including phenoxy) is 10. The molecule has 5 aliphatic rings. The molecular formula is C56H54N2O15. The van der Waals surface area contributed by atoms with Gasteiger partial charge in [0.25, 0.3) is 23.6 Å². The van der Waals surface area contributed by atoms with Gasteiger partial charge in [-0.3, -0.25) is 29.0 Å². The van der Waals surface area contributed by atoms with Gasteiger partial charge in [-0.05, 0) is 42.3 Å². The van der Waals surface area contributed by atoms with Crippen molar-refractivity contribution in [2.45, 2.75) is 93.8 Å². The Kier molecular flexibility index (Phi) is 15.1. The van der Waals surface area contributed by atoms with Gasteiger partial charge in [-0.25, -0.2) is 4.79 Å². The minimum atomic E-state index is -1.64. The topological polar surface area (TPSA) is 184 Å². The molecule has 0 saturated carbocycles. The summed E-state index contributed by atoms with van der Waals surface area (Å²) in [5.41, 5.74) is 2.84. The molecule has 0 bridgehead atoms. The van der Waals surface area contributed by atoms with Crippen molar-refractivity contribution < 1.29 is 71.3 Å². The van der Waals surface area contributed by atoms with E-state index in [4.69, 9.17) is 47.4 Å². The molecule has 17 heteroatoms. The molecule has 4 amide bonds. The Morgan fingerprint density at radius 2 is 1.16 bits per heavy atom. The van der Waals surface area contributed by atoms with Gasteiger partial charge in [-0.15, -0.1) is 6.58 Å². The first-order valence-corrected chi connectivity index (χ1v) is 24.1. The van der Waals surface area contributed by atoms with Gasteiger partial charge < -0.3 is 47.4 Å². The minimum Gasteiger partial charge on any atom is -0.467 e. The van der Waals surface area contributed by atoms with Gasteiger partial charge in [0.1, 0.15) is 48.7 Å². The summed E-state index contributed by atoms with van der Waals surface area (Å²) < 4.78 is 65.5. The number of imide groups is 2. The minimum absolute atomic E-state index is 0.0558. The second-order valence-corrected chi connectivity index (χ2v) is 18.0. The number of rotatable bonds is 18. The van der Waals surface area contributed by atoms with Crippen LogP contribution in [0.2, 0.25) is 0 Å². The van der Waals surface area contributed by atoms with E-state index in [-0.39, 0.29) is 55.3 Å². The van der Waals surface area contributed by atoms with Crippen LogP contribution in [0.1, 0.15) is 71.3 Å². The fraction of sp³-hybridized carbons (Fsp3) is 0.339. The quantitative estimate of drug-likeness (QED) is 0.0548. The molecule has 5 heterocycles. The molecule has 0 radical (unpaired) electrons. The van der Waals surface area contributed by atoms with Crippen LogP contribution < -0.4 is 0 Å². The van der Waals surface area contributed by atoms with Crippen molar-refractivity contribution in [1.29, 1.82) is 0 Å². The molecule has 5 aliphatic heterocycles. The Morgan fingerprint density at radius 3 is 1.71 bits per heavy atom. The number of hydrogen-bond acceptors (Lipinski definition) is 15. The predicted molar refractivity (Wildman–Crippen MR) is 257 cm³/mol. The zero-order chi connectivity index (χ0) is 50.6. The summed E-state index contributed by atoms with van der Waals surface area (Å²) >= 11 is 0. The van der Waals surface area contributed by atoms with Crippen molar-refractivity contribution >= 4 is 29.6 Å². The number of hydrogen-bond donors (Lipinski definition) is 0. The van der Waals surface area contributed by atoms with Gasteiger partial charge in [-0.1, -0.05) is 121 Å². The largest absolute Gasteiger partial charge is 0.467 e. The van der Waals surface area contributed by atoms with Crippen LogP contribution in [0, 0.1) is 0 Å². The Labute approximate surface area is 421 Å². The first kappa shape index (κ1) is 49.8. The highest BCUT2D eigenvalue weighted by atomic mass is 16.8. The lowest BCUT2D eigenvalue weighted by Gasteiger charge is -2.53. The third-order valence-corrected chi connectivity index (χ3v) is 13.5. The van der Waals surface area contributed by atoms with E-state index in [9.17, 15) is 24.0 Å². The molecule has 0 unspecified atom stereocenters. The Bertz CT molecular complexity index is 2730. The number of nitrogens with zero attached hydrogens (tertiary/aromatic N) is 2. The Balaban J connectivity index is 1.11. The SMILES string of the molecule is C=CCO[C@@H]1O[C@H](COCc2ccccc2)[C@@H](O[C@@H]2O[C@@H]3CO[C@@H](c4ccccc4)O[C@H]3[C@H](O[C@H](C)C(=O)OC)[C@H]2N2C(=O)c3ccccc3C2=O)[C@H](OCc2ccccc2)[C@H]1N1C(=O)c2ccccc2C1=O. The highest BCUT2D eigenvalue weighted by Gasteiger charge is 2.61. The van der Waals surface area contributed by atoms with E-state index in [2.05, 4.69) is 6.58 Å². The molecule has 0 spiro atoms. The van der Waals surface area contributed by atoms with Crippen molar-refractivity contribution in [2.75, 3.05) is 26.9 Å². The molecular weight excluding hydrogens is 941 g/mol. The van der Waals surface area contributed by atoms with E-state index in [1.54, 1.807) is 48.5 Å². The van der Waals surface area contributed by atoms with Crippen molar-refractivity contribution in [3.8, 4) is 0 Å². The molecule has 0 aromatic heterocycles. The molecule has 0 N–H and O–H groups in total. The van der Waals surface area contributed by atoms with E-state index in [1.807, 2.05) is 91.0 Å². The lowest BCUT2D eigenvalue weighted by atomic mass is 9.92. The fourth-order valence-corrected chi connectivity index (χ4v) is 10.0. The smallest absolute Gasteiger partial charge is 0.334 e. The highest BCUT2D eigenvalue weighted by molar-refractivity contribution is 6.22. The third-order valence-electron chi connectivity index (χ3n) is 13.5. The number of amides is 4. The van der Waals surface area contributed by atoms with Crippen molar-refractivity contribution in [3.05, 3.63) is 191 Å². The molecule has 5 aromatic carbocycles. The number of carbonyl (C=O) groups excluding carboxylic acids is 5. The van der Waals surface area contributed by atoms with E-state index < -0.39 is 103 Å². The number of benzene rings is 5. The summed E-state index contributed by atoms with van der Waals surface area (Å²) in [6.45, 7) is 5.09. The highest BCUT2D eigenvalue weighted by Crippen LogP contribution is 2.43. The molecule has 10 rings (SSSR count). The number of methoxy groups -OCH3 is 1. The molecule has 3 saturated heterocycles. The van der Waals surface area contributed by atoms with Gasteiger partial charge in [0.2, 0.25) is 0 Å². The first-order chi connectivity index (χ1) is 35.6. The number of fused-ring (bicyclic) bond motifs is 3. The Morgan fingerprint density at radius 1 is 0.644 bits per heavy atom. The lowest BCUT2D eigenvalue weighted by Crippen LogP contribution is -2.72. The van der Waals surface area contributed by atoms with Crippen LogP contribution in [0.15, 0.2) is 152 Å². The summed E-state index contributed by atoms with van der Waals surface area (Å²) in [7, 11) is 1.22. The number of esters is 1. The predicted octanol–water partition coefficient (Wildman–Crippen LogP) is 6.22. The van der Waals surface area contributed by atoms with Crippen LogP contribution in [0.4, 0.5) is 0 Å². The second kappa shape index (κ2) is 22.1. The Hall–Kier alpha value is -6.77. The second-order valence-electron chi connectivity index (χ2n) is 18.0. The molecule has 0 aliphatic carbocycles. The average Bonchev–Trinajstić information content (AvgIpc) is 3.83. The van der Waals surface area contributed by atoms with Crippen LogP contribution in [-0.2, 0) is 65.4 Å². The van der Waals surface area contributed by atoms with E-state index in [0.29, 0.717) is 5.56 Å². The summed E-state index contributed by atoms with van der Waals surface area (Å²) in [6.07, 6.45) is -11.0. The third kappa shape index (κ3) is 10.0.